The molecule has 7 nitrogen and oxygen atoms in total. The summed E-state index contributed by atoms with van der Waals surface area (Å²) in [6.45, 7) is 3.61. The smallest absolute Gasteiger partial charge is 0.227 e. The van der Waals surface area contributed by atoms with Gasteiger partial charge in [-0.05, 0) is 24.6 Å². The van der Waals surface area contributed by atoms with Crippen LogP contribution in [0.5, 0.6) is 5.75 Å². The van der Waals surface area contributed by atoms with Crippen LogP contribution in [0.25, 0.3) is 5.69 Å². The van der Waals surface area contributed by atoms with E-state index in [4.69, 9.17) is 9.72 Å². The first-order chi connectivity index (χ1) is 15.2. The van der Waals surface area contributed by atoms with Crippen molar-refractivity contribution in [2.45, 2.75) is 19.4 Å². The van der Waals surface area contributed by atoms with Gasteiger partial charge >= 0.3 is 0 Å². The maximum Gasteiger partial charge on any atom is 0.227 e. The van der Waals surface area contributed by atoms with E-state index in [9.17, 15) is 0 Å². The van der Waals surface area contributed by atoms with E-state index in [0.29, 0.717) is 5.95 Å². The number of fused-ring (bicyclic) bond motifs is 1. The monoisotopic (exact) mass is 448 g/mol. The van der Waals surface area contributed by atoms with Crippen molar-refractivity contribution in [2.75, 3.05) is 19.0 Å². The summed E-state index contributed by atoms with van der Waals surface area (Å²) in [6, 6.07) is 16.4. The van der Waals surface area contributed by atoms with Gasteiger partial charge in [0.15, 0.2) is 0 Å². The van der Waals surface area contributed by atoms with Crippen LogP contribution in [0.15, 0.2) is 67.3 Å². The van der Waals surface area contributed by atoms with Crippen LogP contribution in [0, 0.1) is 6.92 Å². The van der Waals surface area contributed by atoms with E-state index in [1.807, 2.05) is 48.1 Å². The van der Waals surface area contributed by atoms with Crippen molar-refractivity contribution >= 4 is 24.0 Å². The van der Waals surface area contributed by atoms with E-state index in [-0.39, 0.29) is 18.3 Å². The van der Waals surface area contributed by atoms with E-state index in [2.05, 4.69) is 44.9 Å². The third kappa shape index (κ3) is 4.30. The van der Waals surface area contributed by atoms with Gasteiger partial charge in [-0.1, -0.05) is 30.3 Å². The molecule has 0 bridgehead atoms. The Hall–Kier alpha value is -3.42. The summed E-state index contributed by atoms with van der Waals surface area (Å²) in [5, 5.41) is 6.81. The highest BCUT2D eigenvalue weighted by Gasteiger charge is 2.24. The number of aryl methyl sites for hydroxylation is 1. The van der Waals surface area contributed by atoms with Gasteiger partial charge in [-0.2, -0.15) is 0 Å². The van der Waals surface area contributed by atoms with Gasteiger partial charge in [-0.25, -0.2) is 15.0 Å². The molecular weight excluding hydrogens is 424 g/mol. The highest BCUT2D eigenvalue weighted by atomic mass is 35.5. The molecule has 0 spiro atoms. The van der Waals surface area contributed by atoms with Crippen LogP contribution >= 0.6 is 12.4 Å². The number of anilines is 2. The Morgan fingerprint density at radius 1 is 1.12 bits per heavy atom. The molecule has 0 fully saturated rings. The van der Waals surface area contributed by atoms with Crippen molar-refractivity contribution in [3.63, 3.8) is 0 Å². The molecule has 1 unspecified atom stereocenters. The first-order valence-corrected chi connectivity index (χ1v) is 10.3. The summed E-state index contributed by atoms with van der Waals surface area (Å²) in [7, 11) is 1.67. The molecule has 2 aromatic heterocycles. The molecule has 164 valence electrons. The molecular formula is C24H25ClN6O. The van der Waals surface area contributed by atoms with Crippen LogP contribution in [-0.2, 0) is 6.54 Å². The Balaban J connectivity index is 0.00000245. The number of hydrogen-bond acceptors (Lipinski definition) is 6. The Bertz CT molecular complexity index is 1210. The standard InChI is InChI=1S/C24H24N6O.ClH/c1-16-14-30(15-27-16)21-9-8-19(10-22(21)31-2)28-24-26-12-18-11-25-13-20(23(18)29-24)17-6-4-3-5-7-17;/h3-10,12,14-15,20,25H,11,13H2,1-2H3,(H,26,28,29);1H. The average Bonchev–Trinajstić information content (AvgIpc) is 3.25. The normalized spacial score (nSPS) is 14.9. The van der Waals surface area contributed by atoms with Crippen molar-refractivity contribution in [3.8, 4) is 11.4 Å². The van der Waals surface area contributed by atoms with Crippen LogP contribution in [0.3, 0.4) is 0 Å². The van der Waals surface area contributed by atoms with E-state index in [1.54, 1.807) is 13.4 Å². The minimum atomic E-state index is 0. The number of ether oxygens (including phenoxy) is 1. The van der Waals surface area contributed by atoms with Crippen LogP contribution in [0.2, 0.25) is 0 Å². The molecule has 8 heteroatoms. The highest BCUT2D eigenvalue weighted by molar-refractivity contribution is 5.85. The lowest BCUT2D eigenvalue weighted by atomic mass is 9.90. The topological polar surface area (TPSA) is 76.9 Å². The lowest BCUT2D eigenvalue weighted by Gasteiger charge is -2.26. The lowest BCUT2D eigenvalue weighted by molar-refractivity contribution is 0.413. The number of halogens is 1. The van der Waals surface area contributed by atoms with E-state index >= 15 is 0 Å². The van der Waals surface area contributed by atoms with Crippen LogP contribution < -0.4 is 15.4 Å². The second-order valence-electron chi connectivity index (χ2n) is 7.63. The summed E-state index contributed by atoms with van der Waals surface area (Å²) < 4.78 is 7.56. The first kappa shape index (κ1) is 21.8. The second kappa shape index (κ2) is 9.38. The fourth-order valence-corrected chi connectivity index (χ4v) is 3.98. The third-order valence-corrected chi connectivity index (χ3v) is 5.52. The predicted octanol–water partition coefficient (Wildman–Crippen LogP) is 4.38. The Morgan fingerprint density at radius 3 is 2.72 bits per heavy atom. The van der Waals surface area contributed by atoms with Crippen LogP contribution in [0.1, 0.15) is 28.4 Å². The number of nitrogens with one attached hydrogen (secondary N) is 2. The molecule has 1 aliphatic heterocycles. The summed E-state index contributed by atoms with van der Waals surface area (Å²) in [6.07, 6.45) is 5.66. The molecule has 1 aliphatic rings. The van der Waals surface area contributed by atoms with Gasteiger partial charge in [-0.3, -0.25) is 0 Å². The quantitative estimate of drug-likeness (QED) is 0.472. The zero-order chi connectivity index (χ0) is 21.2. The molecule has 5 rings (SSSR count). The molecule has 2 N–H and O–H groups in total. The number of imidazole rings is 1. The lowest BCUT2D eigenvalue weighted by Crippen LogP contribution is -2.30. The highest BCUT2D eigenvalue weighted by Crippen LogP contribution is 2.31. The molecule has 3 heterocycles. The average molecular weight is 449 g/mol. The zero-order valence-corrected chi connectivity index (χ0v) is 18.8. The number of aromatic nitrogens is 4. The van der Waals surface area contributed by atoms with E-state index < -0.39 is 0 Å². The molecule has 1 atom stereocenters. The van der Waals surface area contributed by atoms with Crippen molar-refractivity contribution in [2.24, 2.45) is 0 Å². The zero-order valence-electron chi connectivity index (χ0n) is 17.9. The second-order valence-corrected chi connectivity index (χ2v) is 7.63. The van der Waals surface area contributed by atoms with Crippen LogP contribution in [0.4, 0.5) is 11.6 Å². The van der Waals surface area contributed by atoms with Gasteiger partial charge in [0.25, 0.3) is 0 Å². The van der Waals surface area contributed by atoms with E-state index in [1.165, 1.54) is 5.56 Å². The van der Waals surface area contributed by atoms with Gasteiger partial charge in [0, 0.05) is 48.7 Å². The fraction of sp³-hybridized carbons (Fsp3) is 0.208. The minimum Gasteiger partial charge on any atom is -0.494 e. The number of nitrogens with zero attached hydrogens (tertiary/aromatic N) is 4. The van der Waals surface area contributed by atoms with Gasteiger partial charge in [0.05, 0.1) is 30.5 Å². The summed E-state index contributed by atoms with van der Waals surface area (Å²) in [4.78, 5) is 13.7. The maximum atomic E-state index is 5.62. The molecule has 0 saturated heterocycles. The fourth-order valence-electron chi connectivity index (χ4n) is 3.98. The molecule has 0 saturated carbocycles. The molecule has 32 heavy (non-hydrogen) atoms. The van der Waals surface area contributed by atoms with Crippen LogP contribution in [-0.4, -0.2) is 33.2 Å². The predicted molar refractivity (Wildman–Crippen MR) is 127 cm³/mol. The van der Waals surface area contributed by atoms with Crippen molar-refractivity contribution in [3.05, 3.63) is 89.8 Å². The van der Waals surface area contributed by atoms with Gasteiger partial charge in [0.1, 0.15) is 5.75 Å². The summed E-state index contributed by atoms with van der Waals surface area (Å²) in [5.41, 5.74) is 6.20. The number of methoxy groups -OCH3 is 1. The number of benzene rings is 2. The Morgan fingerprint density at radius 2 is 1.97 bits per heavy atom. The van der Waals surface area contributed by atoms with Crippen molar-refractivity contribution in [1.29, 1.82) is 0 Å². The summed E-state index contributed by atoms with van der Waals surface area (Å²) >= 11 is 0. The molecule has 2 aromatic carbocycles. The van der Waals surface area contributed by atoms with Gasteiger partial charge in [-0.15, -0.1) is 12.4 Å². The Kier molecular flexibility index (Phi) is 6.39. The van der Waals surface area contributed by atoms with E-state index in [0.717, 1.165) is 47.2 Å². The van der Waals surface area contributed by atoms with Crippen molar-refractivity contribution < 1.29 is 4.74 Å². The van der Waals surface area contributed by atoms with Gasteiger partial charge in [0.2, 0.25) is 5.95 Å². The van der Waals surface area contributed by atoms with Crippen molar-refractivity contribution in [1.82, 2.24) is 24.8 Å². The SMILES string of the molecule is COc1cc(Nc2ncc3c(n2)C(c2ccccc2)CNC3)ccc1-n1cnc(C)c1.Cl. The summed E-state index contributed by atoms with van der Waals surface area (Å²) in [5.74, 6) is 1.52. The number of rotatable bonds is 5. The Labute approximate surface area is 193 Å². The van der Waals surface area contributed by atoms with Gasteiger partial charge < -0.3 is 19.9 Å². The third-order valence-electron chi connectivity index (χ3n) is 5.52. The maximum absolute atomic E-state index is 5.62. The molecule has 0 amide bonds. The minimum absolute atomic E-state index is 0. The number of hydrogen-bond donors (Lipinski definition) is 2. The first-order valence-electron chi connectivity index (χ1n) is 10.3. The molecule has 0 radical (unpaired) electrons. The molecule has 0 aliphatic carbocycles. The largest absolute Gasteiger partial charge is 0.494 e. The molecule has 4 aromatic rings.